The van der Waals surface area contributed by atoms with Gasteiger partial charge in [-0.2, -0.15) is 0 Å². The molecule has 1 unspecified atom stereocenters. The van der Waals surface area contributed by atoms with Crippen LogP contribution in [0, 0.1) is 0 Å². The van der Waals surface area contributed by atoms with Crippen molar-refractivity contribution in [1.82, 2.24) is 0 Å². The van der Waals surface area contributed by atoms with Gasteiger partial charge in [-0.05, 0) is 70.6 Å². The molecule has 0 fully saturated rings. The van der Waals surface area contributed by atoms with Crippen LogP contribution in [-0.2, 0) is 28.6 Å². The smallest absolute Gasteiger partial charge is 0.306 e. The highest BCUT2D eigenvalue weighted by Crippen LogP contribution is 2.15. The molecule has 346 valence electrons. The Morgan fingerprint density at radius 3 is 1.12 bits per heavy atom. The zero-order valence-electron chi connectivity index (χ0n) is 39.5. The maximum absolute atomic E-state index is 12.8. The average Bonchev–Trinajstić information content (AvgIpc) is 3.24. The fourth-order valence-corrected chi connectivity index (χ4v) is 6.98. The molecule has 0 amide bonds. The Morgan fingerprint density at radius 2 is 0.683 bits per heavy atom. The van der Waals surface area contributed by atoms with Crippen LogP contribution in [0.4, 0.5) is 0 Å². The van der Waals surface area contributed by atoms with Gasteiger partial charge in [-0.25, -0.2) is 0 Å². The van der Waals surface area contributed by atoms with Crippen LogP contribution >= 0.6 is 0 Å². The standard InChI is InChI=1S/C54H94O6/c1-4-7-10-13-16-19-22-25-27-30-32-35-38-41-44-47-53(56)59-50-51(49-58-52(55)46-43-40-37-34-31-28-24-21-18-15-12-9-6-3)60-54(57)48-45-42-39-36-33-29-26-23-20-17-14-11-8-5-2/h8,11,17,20,26,28-29,31,37,40,51H,4-7,9-10,12-16,18-19,21-25,27,30,32-36,38-39,41-50H2,1-3H3/b11-8-,20-17-,29-26-,31-28-,40-37-. The molecular formula is C54H94O6. The number of carbonyl (C=O) groups is 3. The monoisotopic (exact) mass is 839 g/mol. The second-order valence-corrected chi connectivity index (χ2v) is 16.7. The number of esters is 3. The molecule has 0 aromatic heterocycles. The average molecular weight is 839 g/mol. The minimum Gasteiger partial charge on any atom is -0.462 e. The van der Waals surface area contributed by atoms with Crippen LogP contribution in [0.5, 0.6) is 0 Å². The van der Waals surface area contributed by atoms with Gasteiger partial charge < -0.3 is 14.2 Å². The van der Waals surface area contributed by atoms with Crippen LogP contribution in [-0.4, -0.2) is 37.2 Å². The SMILES string of the molecule is CC/C=C\C/C=C\C/C=C\CCCCCCC(=O)OC(COC(=O)CC/C=C\C/C=C\CCCCCCCC)COC(=O)CCCCCCCCCCCCCCCCC. The number of carbonyl (C=O) groups excluding carboxylic acids is 3. The number of hydrogen-bond donors (Lipinski definition) is 0. The highest BCUT2D eigenvalue weighted by atomic mass is 16.6. The Labute approximate surface area is 370 Å². The van der Waals surface area contributed by atoms with Gasteiger partial charge in [0.25, 0.3) is 0 Å². The largest absolute Gasteiger partial charge is 0.462 e. The van der Waals surface area contributed by atoms with E-state index in [1.54, 1.807) is 0 Å². The Balaban J connectivity index is 4.46. The minimum atomic E-state index is -0.805. The van der Waals surface area contributed by atoms with Gasteiger partial charge in [0.05, 0.1) is 0 Å². The van der Waals surface area contributed by atoms with Gasteiger partial charge in [-0.3, -0.25) is 14.4 Å². The van der Waals surface area contributed by atoms with E-state index in [0.717, 1.165) is 83.5 Å². The van der Waals surface area contributed by atoms with Crippen molar-refractivity contribution in [3.63, 3.8) is 0 Å². The summed E-state index contributed by atoms with van der Waals surface area (Å²) in [4.78, 5) is 37.9. The van der Waals surface area contributed by atoms with E-state index < -0.39 is 6.10 Å². The summed E-state index contributed by atoms with van der Waals surface area (Å²) in [6, 6.07) is 0. The van der Waals surface area contributed by atoms with Crippen molar-refractivity contribution in [1.29, 1.82) is 0 Å². The van der Waals surface area contributed by atoms with E-state index in [1.165, 1.54) is 116 Å². The van der Waals surface area contributed by atoms with Crippen molar-refractivity contribution in [2.24, 2.45) is 0 Å². The zero-order valence-corrected chi connectivity index (χ0v) is 39.5. The fourth-order valence-electron chi connectivity index (χ4n) is 6.98. The Morgan fingerprint density at radius 1 is 0.350 bits per heavy atom. The first-order valence-corrected chi connectivity index (χ1v) is 25.3. The highest BCUT2D eigenvalue weighted by molar-refractivity contribution is 5.71. The third-order valence-corrected chi connectivity index (χ3v) is 10.8. The molecule has 60 heavy (non-hydrogen) atoms. The van der Waals surface area contributed by atoms with Gasteiger partial charge in [0.1, 0.15) is 13.2 Å². The molecule has 0 rings (SSSR count). The first-order chi connectivity index (χ1) is 29.5. The summed E-state index contributed by atoms with van der Waals surface area (Å²) in [6.45, 7) is 6.45. The zero-order chi connectivity index (χ0) is 43.7. The molecule has 0 saturated heterocycles. The molecule has 0 aliphatic heterocycles. The second kappa shape index (κ2) is 48.8. The summed E-state index contributed by atoms with van der Waals surface area (Å²) < 4.78 is 16.7. The summed E-state index contributed by atoms with van der Waals surface area (Å²) in [5.74, 6) is -0.988. The van der Waals surface area contributed by atoms with E-state index in [-0.39, 0.29) is 37.5 Å². The molecular weight excluding hydrogens is 745 g/mol. The lowest BCUT2D eigenvalue weighted by atomic mass is 10.0. The third-order valence-electron chi connectivity index (χ3n) is 10.8. The molecule has 0 aliphatic rings. The van der Waals surface area contributed by atoms with E-state index in [4.69, 9.17) is 14.2 Å². The topological polar surface area (TPSA) is 78.9 Å². The predicted octanol–water partition coefficient (Wildman–Crippen LogP) is 16.5. The van der Waals surface area contributed by atoms with Gasteiger partial charge >= 0.3 is 17.9 Å². The number of allylic oxidation sites excluding steroid dienone is 10. The third kappa shape index (κ3) is 46.2. The van der Waals surface area contributed by atoms with Crippen molar-refractivity contribution in [3.05, 3.63) is 60.8 Å². The summed E-state index contributed by atoms with van der Waals surface area (Å²) >= 11 is 0. The molecule has 0 radical (unpaired) electrons. The molecule has 0 aromatic rings. The molecule has 0 bridgehead atoms. The van der Waals surface area contributed by atoms with Crippen LogP contribution in [0.15, 0.2) is 60.8 Å². The normalized spacial score (nSPS) is 12.5. The van der Waals surface area contributed by atoms with Crippen molar-refractivity contribution in [2.75, 3.05) is 13.2 Å². The lowest BCUT2D eigenvalue weighted by molar-refractivity contribution is -0.166. The first-order valence-electron chi connectivity index (χ1n) is 25.3. The van der Waals surface area contributed by atoms with Gasteiger partial charge in [0, 0.05) is 19.3 Å². The fraction of sp³-hybridized carbons (Fsp3) is 0.759. The van der Waals surface area contributed by atoms with Crippen LogP contribution in [0.1, 0.15) is 245 Å². The van der Waals surface area contributed by atoms with Crippen LogP contribution in [0.2, 0.25) is 0 Å². The summed E-state index contributed by atoms with van der Waals surface area (Å²) in [5, 5.41) is 0. The second-order valence-electron chi connectivity index (χ2n) is 16.7. The molecule has 0 aliphatic carbocycles. The number of hydrogen-bond acceptors (Lipinski definition) is 6. The van der Waals surface area contributed by atoms with Crippen LogP contribution in [0.25, 0.3) is 0 Å². The van der Waals surface area contributed by atoms with E-state index in [1.807, 2.05) is 6.08 Å². The maximum Gasteiger partial charge on any atom is 0.306 e. The van der Waals surface area contributed by atoms with Crippen molar-refractivity contribution < 1.29 is 28.6 Å². The van der Waals surface area contributed by atoms with E-state index in [9.17, 15) is 14.4 Å². The maximum atomic E-state index is 12.8. The number of ether oxygens (including phenoxy) is 3. The van der Waals surface area contributed by atoms with Crippen LogP contribution < -0.4 is 0 Å². The first kappa shape index (κ1) is 57.1. The molecule has 6 nitrogen and oxygen atoms in total. The van der Waals surface area contributed by atoms with Crippen molar-refractivity contribution in [3.8, 4) is 0 Å². The minimum absolute atomic E-state index is 0.0987. The van der Waals surface area contributed by atoms with E-state index in [2.05, 4.69) is 75.5 Å². The molecule has 0 saturated carbocycles. The highest BCUT2D eigenvalue weighted by Gasteiger charge is 2.19. The van der Waals surface area contributed by atoms with Gasteiger partial charge in [-0.1, -0.05) is 216 Å². The lowest BCUT2D eigenvalue weighted by Gasteiger charge is -2.18. The van der Waals surface area contributed by atoms with E-state index >= 15 is 0 Å². The Kier molecular flexibility index (Phi) is 46.4. The molecule has 6 heteroatoms. The molecule has 0 spiro atoms. The van der Waals surface area contributed by atoms with E-state index in [0.29, 0.717) is 19.3 Å². The van der Waals surface area contributed by atoms with Gasteiger partial charge in [-0.15, -0.1) is 0 Å². The van der Waals surface area contributed by atoms with Gasteiger partial charge in [0.2, 0.25) is 0 Å². The Bertz CT molecular complexity index is 1100. The lowest BCUT2D eigenvalue weighted by Crippen LogP contribution is -2.30. The number of unbranched alkanes of at least 4 members (excludes halogenated alkanes) is 24. The summed E-state index contributed by atoms with van der Waals surface area (Å²) in [7, 11) is 0. The van der Waals surface area contributed by atoms with Crippen molar-refractivity contribution in [2.45, 2.75) is 252 Å². The molecule has 0 aromatic carbocycles. The molecule has 0 N–H and O–H groups in total. The van der Waals surface area contributed by atoms with Gasteiger partial charge in [0.15, 0.2) is 6.10 Å². The Hall–Kier alpha value is -2.89. The van der Waals surface area contributed by atoms with Crippen molar-refractivity contribution >= 4 is 17.9 Å². The quantitative estimate of drug-likeness (QED) is 0.0263. The summed E-state index contributed by atoms with van der Waals surface area (Å²) in [5.41, 5.74) is 0. The van der Waals surface area contributed by atoms with Crippen LogP contribution in [0.3, 0.4) is 0 Å². The molecule has 0 heterocycles. The summed E-state index contributed by atoms with van der Waals surface area (Å²) in [6.07, 6.45) is 59.3. The number of rotatable bonds is 45. The molecule has 1 atom stereocenters. The predicted molar refractivity (Wildman–Crippen MR) is 256 cm³/mol.